The molecule has 4 N–H and O–H groups in total. The summed E-state index contributed by atoms with van der Waals surface area (Å²) in [7, 11) is 5.83. The van der Waals surface area contributed by atoms with Crippen molar-refractivity contribution in [1.29, 1.82) is 0 Å². The van der Waals surface area contributed by atoms with Gasteiger partial charge in [-0.15, -0.1) is 24.4 Å². The smallest absolute Gasteiger partial charge is 0.364 e. The Bertz CT molecular complexity index is 551. The molecule has 25 heavy (non-hydrogen) atoms. The maximum Gasteiger partial charge on any atom is 0.433 e. The van der Waals surface area contributed by atoms with Crippen molar-refractivity contribution in [2.75, 3.05) is 34.4 Å². The Balaban J connectivity index is 0. The normalized spacial score (nSPS) is 10.6. The number of thiol groups is 1. The fourth-order valence-electron chi connectivity index (χ4n) is 0.681. The number of nitrogens with zero attached hydrogens (tertiary/aromatic N) is 3. The van der Waals surface area contributed by atoms with Crippen LogP contribution in [0.4, 0.5) is 9.59 Å². The molecule has 0 aromatic rings. The molecular formula is C11H20N6O6S2. The first-order valence-corrected chi connectivity index (χ1v) is 7.95. The van der Waals surface area contributed by atoms with Gasteiger partial charge < -0.3 is 21.3 Å². The Morgan fingerprint density at radius 3 is 1.80 bits per heavy atom. The van der Waals surface area contributed by atoms with Crippen LogP contribution in [-0.2, 0) is 19.3 Å². The third-order valence-electron chi connectivity index (χ3n) is 1.84. The quantitative estimate of drug-likeness (QED) is 0.159. The van der Waals surface area contributed by atoms with Crippen LogP contribution in [0.2, 0.25) is 0 Å². The van der Waals surface area contributed by atoms with Gasteiger partial charge in [-0.3, -0.25) is 19.3 Å². The van der Waals surface area contributed by atoms with E-state index in [9.17, 15) is 19.2 Å². The first kappa shape index (κ1) is 24.8. The highest BCUT2D eigenvalue weighted by Crippen LogP contribution is 1.97. The lowest BCUT2D eigenvalue weighted by molar-refractivity contribution is -0.121. The van der Waals surface area contributed by atoms with Crippen molar-refractivity contribution in [3.8, 4) is 0 Å². The second-order valence-electron chi connectivity index (χ2n) is 3.84. The first-order valence-electron chi connectivity index (χ1n) is 6.28. The number of nitrogens with two attached hydrogens (primary N) is 1. The summed E-state index contributed by atoms with van der Waals surface area (Å²) in [6, 6.07) is 0. The number of primary amides is 1. The van der Waals surface area contributed by atoms with E-state index in [-0.39, 0.29) is 10.1 Å². The van der Waals surface area contributed by atoms with E-state index in [4.69, 9.17) is 5.73 Å². The summed E-state index contributed by atoms with van der Waals surface area (Å²) < 4.78 is 0. The van der Waals surface area contributed by atoms with Crippen LogP contribution in [0.5, 0.6) is 0 Å². The van der Waals surface area contributed by atoms with E-state index >= 15 is 0 Å². The maximum absolute atomic E-state index is 11.1. The number of rotatable bonds is 3. The summed E-state index contributed by atoms with van der Waals surface area (Å²) in [4.78, 5) is 52.2. The summed E-state index contributed by atoms with van der Waals surface area (Å²) >= 11 is 4.73. The van der Waals surface area contributed by atoms with Crippen molar-refractivity contribution < 1.29 is 28.9 Å². The number of carbonyl (C=O) groups excluding carboxylic acids is 4. The Kier molecular flexibility index (Phi) is 13.8. The number of oxime groups is 2. The highest BCUT2D eigenvalue weighted by Gasteiger charge is 2.10. The van der Waals surface area contributed by atoms with Gasteiger partial charge in [-0.05, 0) is 6.26 Å². The van der Waals surface area contributed by atoms with Crippen LogP contribution in [0.25, 0.3) is 0 Å². The van der Waals surface area contributed by atoms with E-state index in [2.05, 4.69) is 43.2 Å². The molecule has 4 amide bonds. The van der Waals surface area contributed by atoms with Crippen LogP contribution in [0.1, 0.15) is 0 Å². The van der Waals surface area contributed by atoms with Crippen molar-refractivity contribution in [3.63, 3.8) is 0 Å². The van der Waals surface area contributed by atoms with Gasteiger partial charge in [0, 0.05) is 28.2 Å². The summed E-state index contributed by atoms with van der Waals surface area (Å²) in [6.07, 6.45) is 0.0949. The number of carbonyl (C=O) groups is 4. The highest BCUT2D eigenvalue weighted by molar-refractivity contribution is 8.15. The van der Waals surface area contributed by atoms with Gasteiger partial charge in [-0.1, -0.05) is 10.3 Å². The Labute approximate surface area is 153 Å². The third kappa shape index (κ3) is 12.6. The second-order valence-corrected chi connectivity index (χ2v) is 5.06. The highest BCUT2D eigenvalue weighted by atomic mass is 32.2. The van der Waals surface area contributed by atoms with Crippen LogP contribution in [0.3, 0.4) is 0 Å². The fraction of sp³-hybridized carbons (Fsp3) is 0.455. The van der Waals surface area contributed by atoms with Crippen molar-refractivity contribution in [1.82, 2.24) is 15.5 Å². The minimum atomic E-state index is -0.752. The van der Waals surface area contributed by atoms with Gasteiger partial charge in [0.15, 0.2) is 5.04 Å². The second kappa shape index (κ2) is 13.9. The monoisotopic (exact) mass is 396 g/mol. The average molecular weight is 396 g/mol. The lowest BCUT2D eigenvalue weighted by Crippen LogP contribution is -2.27. The first-order chi connectivity index (χ1) is 11.6. The average Bonchev–Trinajstić information content (AvgIpc) is 2.58. The molecule has 0 fully saturated rings. The third-order valence-corrected chi connectivity index (χ3v) is 2.77. The minimum Gasteiger partial charge on any atom is -0.364 e. The molecule has 142 valence electrons. The van der Waals surface area contributed by atoms with Gasteiger partial charge in [0.25, 0.3) is 11.8 Å². The zero-order chi connectivity index (χ0) is 20.0. The number of thioether (sulfide) groups is 1. The summed E-state index contributed by atoms with van der Waals surface area (Å²) in [5, 5.41) is 10.5. The Morgan fingerprint density at radius 2 is 1.48 bits per heavy atom. The van der Waals surface area contributed by atoms with E-state index in [1.807, 2.05) is 0 Å². The summed E-state index contributed by atoms with van der Waals surface area (Å²) in [6.45, 7) is 0. The van der Waals surface area contributed by atoms with E-state index in [1.54, 1.807) is 6.26 Å². The molecule has 0 saturated heterocycles. The molecule has 0 aliphatic carbocycles. The van der Waals surface area contributed by atoms with Crippen molar-refractivity contribution in [2.45, 2.75) is 0 Å². The van der Waals surface area contributed by atoms with Crippen LogP contribution in [0, 0.1) is 0 Å². The standard InChI is InChI=1S/C6H11N3O3S.C5H9N3O3S/c1-7-6(11)12-8-4(13)5(10)9(2)3;1-7-5(10)11-8-4(12-2)3(6)9/h1-3H3,(H,7,11)(H,8,13);1-2H3,(H2,6,9)(H,7,10). The SMILES string of the molecule is CNC(=O)ON=C(S)C(=O)N(C)C.CNC(=O)ON=C(SC)C(N)=O. The van der Waals surface area contributed by atoms with Crippen molar-refractivity contribution >= 4 is 58.5 Å². The van der Waals surface area contributed by atoms with Gasteiger partial charge >= 0.3 is 12.2 Å². The number of hydrogen-bond acceptors (Lipinski definition) is 9. The molecular weight excluding hydrogens is 376 g/mol. The van der Waals surface area contributed by atoms with E-state index in [0.29, 0.717) is 0 Å². The molecule has 0 aliphatic rings. The molecule has 0 atom stereocenters. The van der Waals surface area contributed by atoms with E-state index < -0.39 is 24.0 Å². The van der Waals surface area contributed by atoms with Crippen LogP contribution in [-0.4, -0.2) is 73.4 Å². The van der Waals surface area contributed by atoms with E-state index in [0.717, 1.165) is 11.8 Å². The largest absolute Gasteiger partial charge is 0.433 e. The molecule has 14 heteroatoms. The van der Waals surface area contributed by atoms with E-state index in [1.165, 1.54) is 33.1 Å². The minimum absolute atomic E-state index is 0.0569. The number of amides is 4. The Morgan fingerprint density at radius 1 is 1.04 bits per heavy atom. The van der Waals surface area contributed by atoms with Gasteiger partial charge in [0.2, 0.25) is 5.04 Å². The molecule has 0 aromatic carbocycles. The predicted molar refractivity (Wildman–Crippen MR) is 96.3 cm³/mol. The zero-order valence-corrected chi connectivity index (χ0v) is 15.9. The molecule has 0 aliphatic heterocycles. The topological polar surface area (TPSA) is 165 Å². The van der Waals surface area contributed by atoms with Crippen molar-refractivity contribution in [2.24, 2.45) is 16.0 Å². The van der Waals surface area contributed by atoms with Gasteiger partial charge in [-0.2, -0.15) is 0 Å². The zero-order valence-electron chi connectivity index (χ0n) is 14.2. The lowest BCUT2D eigenvalue weighted by Gasteiger charge is -2.07. The number of nitrogens with one attached hydrogen (secondary N) is 2. The molecule has 0 bridgehead atoms. The summed E-state index contributed by atoms with van der Waals surface area (Å²) in [5.74, 6) is -1.17. The molecule has 12 nitrogen and oxygen atoms in total. The molecule has 0 rings (SSSR count). The van der Waals surface area contributed by atoms with Gasteiger partial charge in [0.05, 0.1) is 0 Å². The molecule has 0 spiro atoms. The van der Waals surface area contributed by atoms with Crippen LogP contribution >= 0.6 is 24.4 Å². The molecule has 0 aromatic heterocycles. The molecule has 0 radical (unpaired) electrons. The van der Waals surface area contributed by atoms with Gasteiger partial charge in [-0.25, -0.2) is 9.59 Å². The van der Waals surface area contributed by atoms with Gasteiger partial charge in [0.1, 0.15) is 0 Å². The lowest BCUT2D eigenvalue weighted by atomic mass is 10.6. The van der Waals surface area contributed by atoms with Crippen LogP contribution < -0.4 is 16.4 Å². The summed E-state index contributed by atoms with van der Waals surface area (Å²) in [5.41, 5.74) is 4.87. The maximum atomic E-state index is 11.1. The molecule has 0 heterocycles. The Hall–Kier alpha value is -2.48. The predicted octanol–water partition coefficient (Wildman–Crippen LogP) is -0.822. The van der Waals surface area contributed by atoms with Crippen molar-refractivity contribution in [3.05, 3.63) is 0 Å². The number of hydrogen-bond donors (Lipinski definition) is 4. The molecule has 0 saturated carbocycles. The fourth-order valence-corrected chi connectivity index (χ4v) is 1.23. The van der Waals surface area contributed by atoms with Crippen LogP contribution in [0.15, 0.2) is 10.3 Å². The molecule has 0 unspecified atom stereocenters.